The number of nitrogens with one attached hydrogen (secondary N) is 1. The van der Waals surface area contributed by atoms with Crippen LogP contribution in [0.2, 0.25) is 5.02 Å². The van der Waals surface area contributed by atoms with Gasteiger partial charge in [-0.3, -0.25) is 9.59 Å². The summed E-state index contributed by atoms with van der Waals surface area (Å²) >= 11 is 10.1. The molecule has 0 aliphatic rings. The lowest BCUT2D eigenvalue weighted by Gasteiger charge is -2.09. The molecule has 0 aliphatic heterocycles. The van der Waals surface area contributed by atoms with Gasteiger partial charge in [0.25, 0.3) is 18.2 Å². The standard InChI is InChI=1S/C21H15BrClF2N5O3S/c1-9-6-13(18(24)25)27-21-15(9)16(17(34-21)19(26)31)28-20(32)12-4-5-30(29-12)8-33-14-3-2-10(23)7-11(14)22/h2-7,18H,8H2,1H3,(H2,26,31)(H,28,32). The minimum Gasteiger partial charge on any atom is -0.470 e. The zero-order valence-corrected chi connectivity index (χ0v) is 20.5. The number of primary amides is 1. The van der Waals surface area contributed by atoms with E-state index in [4.69, 9.17) is 22.1 Å². The maximum Gasteiger partial charge on any atom is 0.280 e. The summed E-state index contributed by atoms with van der Waals surface area (Å²) in [5, 5.41) is 7.72. The number of nitrogens with zero attached hydrogens (tertiary/aromatic N) is 3. The fourth-order valence-corrected chi connectivity index (χ4v) is 5.03. The maximum absolute atomic E-state index is 13.1. The van der Waals surface area contributed by atoms with Crippen LogP contribution in [0, 0.1) is 6.92 Å². The van der Waals surface area contributed by atoms with E-state index in [-0.39, 0.29) is 27.8 Å². The summed E-state index contributed by atoms with van der Waals surface area (Å²) in [6.07, 6.45) is -1.23. The zero-order chi connectivity index (χ0) is 24.6. The predicted molar refractivity (Wildman–Crippen MR) is 128 cm³/mol. The monoisotopic (exact) mass is 569 g/mol. The van der Waals surface area contributed by atoms with Crippen LogP contribution in [0.4, 0.5) is 14.5 Å². The van der Waals surface area contributed by atoms with Gasteiger partial charge in [0.15, 0.2) is 12.4 Å². The highest BCUT2D eigenvalue weighted by Gasteiger charge is 2.24. The van der Waals surface area contributed by atoms with Crippen molar-refractivity contribution in [2.45, 2.75) is 20.1 Å². The van der Waals surface area contributed by atoms with Gasteiger partial charge in [0, 0.05) is 16.6 Å². The number of anilines is 1. The summed E-state index contributed by atoms with van der Waals surface area (Å²) in [5.41, 5.74) is 5.61. The summed E-state index contributed by atoms with van der Waals surface area (Å²) in [6, 6.07) is 7.72. The van der Waals surface area contributed by atoms with Gasteiger partial charge in [-0.05, 0) is 58.7 Å². The number of hydrogen-bond donors (Lipinski definition) is 2. The van der Waals surface area contributed by atoms with Gasteiger partial charge in [0.05, 0.1) is 10.2 Å². The van der Waals surface area contributed by atoms with Crippen molar-refractivity contribution < 1.29 is 23.1 Å². The first-order valence-corrected chi connectivity index (χ1v) is 11.6. The molecule has 3 aromatic heterocycles. The zero-order valence-electron chi connectivity index (χ0n) is 17.3. The topological polar surface area (TPSA) is 112 Å². The average molecular weight is 571 g/mol. The van der Waals surface area contributed by atoms with Gasteiger partial charge in [-0.2, -0.15) is 5.10 Å². The van der Waals surface area contributed by atoms with E-state index in [1.807, 2.05) is 0 Å². The number of ether oxygens (including phenoxy) is 1. The number of alkyl halides is 2. The first-order valence-electron chi connectivity index (χ1n) is 9.58. The molecule has 1 aromatic carbocycles. The van der Waals surface area contributed by atoms with Crippen molar-refractivity contribution in [2.24, 2.45) is 5.73 Å². The molecular formula is C21H15BrClF2N5O3S. The number of nitrogens with two attached hydrogens (primary N) is 1. The maximum atomic E-state index is 13.1. The number of hydrogen-bond acceptors (Lipinski definition) is 6. The third-order valence-electron chi connectivity index (χ3n) is 4.68. The molecule has 8 nitrogen and oxygen atoms in total. The molecule has 4 aromatic rings. The molecule has 13 heteroatoms. The second-order valence-electron chi connectivity index (χ2n) is 7.06. The van der Waals surface area contributed by atoms with Gasteiger partial charge in [0.1, 0.15) is 21.2 Å². The van der Waals surface area contributed by atoms with E-state index in [1.165, 1.54) is 16.8 Å². The smallest absolute Gasteiger partial charge is 0.280 e. The molecule has 0 atom stereocenters. The molecule has 0 unspecified atom stereocenters. The Morgan fingerprint density at radius 1 is 1.32 bits per heavy atom. The lowest BCUT2D eigenvalue weighted by molar-refractivity contribution is 0.100. The van der Waals surface area contributed by atoms with E-state index >= 15 is 0 Å². The molecule has 3 heterocycles. The van der Waals surface area contributed by atoms with Crippen LogP contribution in [0.25, 0.3) is 10.2 Å². The van der Waals surface area contributed by atoms with E-state index < -0.39 is 23.9 Å². The fraction of sp³-hybridized carbons (Fsp3) is 0.143. The lowest BCUT2D eigenvalue weighted by Crippen LogP contribution is -2.18. The Labute approximate surface area is 208 Å². The fourth-order valence-electron chi connectivity index (χ4n) is 3.17. The molecule has 0 radical (unpaired) electrons. The van der Waals surface area contributed by atoms with Crippen molar-refractivity contribution in [3.05, 3.63) is 67.9 Å². The number of halogens is 4. The van der Waals surface area contributed by atoms with Crippen molar-refractivity contribution in [3.63, 3.8) is 0 Å². The van der Waals surface area contributed by atoms with Crippen LogP contribution in [0.3, 0.4) is 0 Å². The van der Waals surface area contributed by atoms with Crippen LogP contribution in [-0.4, -0.2) is 26.6 Å². The molecule has 3 N–H and O–H groups in total. The molecule has 176 valence electrons. The van der Waals surface area contributed by atoms with Gasteiger partial charge in [-0.1, -0.05) is 11.6 Å². The quantitative estimate of drug-likeness (QED) is 0.303. The Bertz CT molecular complexity index is 1430. The van der Waals surface area contributed by atoms with E-state index in [1.54, 1.807) is 31.3 Å². The number of pyridine rings is 1. The van der Waals surface area contributed by atoms with Crippen LogP contribution in [0.15, 0.2) is 41.0 Å². The predicted octanol–water partition coefficient (Wildman–Crippen LogP) is 5.54. The van der Waals surface area contributed by atoms with Crippen LogP contribution >= 0.6 is 38.9 Å². The van der Waals surface area contributed by atoms with Gasteiger partial charge in [-0.25, -0.2) is 18.4 Å². The largest absolute Gasteiger partial charge is 0.470 e. The molecule has 0 aliphatic carbocycles. The molecular weight excluding hydrogens is 556 g/mol. The summed E-state index contributed by atoms with van der Waals surface area (Å²) in [5.74, 6) is -0.900. The van der Waals surface area contributed by atoms with Crippen LogP contribution < -0.4 is 15.8 Å². The van der Waals surface area contributed by atoms with Crippen molar-refractivity contribution >= 4 is 66.6 Å². The minimum absolute atomic E-state index is 0.000668. The van der Waals surface area contributed by atoms with E-state index in [0.717, 1.165) is 11.3 Å². The van der Waals surface area contributed by atoms with Crippen molar-refractivity contribution in [3.8, 4) is 5.75 Å². The van der Waals surface area contributed by atoms with Crippen molar-refractivity contribution in [1.82, 2.24) is 14.8 Å². The van der Waals surface area contributed by atoms with E-state index in [0.29, 0.717) is 26.2 Å². The van der Waals surface area contributed by atoms with Gasteiger partial charge >= 0.3 is 0 Å². The number of carbonyl (C=O) groups is 2. The molecule has 0 fully saturated rings. The summed E-state index contributed by atoms with van der Waals surface area (Å²) in [7, 11) is 0. The van der Waals surface area contributed by atoms with Crippen molar-refractivity contribution in [1.29, 1.82) is 0 Å². The molecule has 4 rings (SSSR count). The third kappa shape index (κ3) is 4.88. The van der Waals surface area contributed by atoms with Crippen LogP contribution in [-0.2, 0) is 6.73 Å². The van der Waals surface area contributed by atoms with Crippen LogP contribution in [0.1, 0.15) is 37.8 Å². The Morgan fingerprint density at radius 3 is 2.76 bits per heavy atom. The number of fused-ring (bicyclic) bond motifs is 1. The second kappa shape index (κ2) is 9.65. The molecule has 0 spiro atoms. The highest BCUT2D eigenvalue weighted by atomic mass is 79.9. The Morgan fingerprint density at radius 2 is 2.09 bits per heavy atom. The molecule has 0 saturated heterocycles. The van der Waals surface area contributed by atoms with Crippen LogP contribution in [0.5, 0.6) is 5.75 Å². The average Bonchev–Trinajstić information content (AvgIpc) is 3.38. The Balaban J connectivity index is 1.57. The van der Waals surface area contributed by atoms with Crippen molar-refractivity contribution in [2.75, 3.05) is 5.32 Å². The van der Waals surface area contributed by atoms with Gasteiger partial charge in [-0.15, -0.1) is 11.3 Å². The van der Waals surface area contributed by atoms with Gasteiger partial charge < -0.3 is 15.8 Å². The van der Waals surface area contributed by atoms with Gasteiger partial charge in [0.2, 0.25) is 0 Å². The highest BCUT2D eigenvalue weighted by Crippen LogP contribution is 2.38. The van der Waals surface area contributed by atoms with E-state index in [2.05, 4.69) is 31.3 Å². The molecule has 0 saturated carbocycles. The first-order chi connectivity index (χ1) is 16.1. The summed E-state index contributed by atoms with van der Waals surface area (Å²) in [4.78, 5) is 28.9. The Hall–Kier alpha value is -3.09. The Kier molecular flexibility index (Phi) is 6.82. The van der Waals surface area contributed by atoms with E-state index in [9.17, 15) is 18.4 Å². The third-order valence-corrected chi connectivity index (χ3v) is 6.64. The lowest BCUT2D eigenvalue weighted by atomic mass is 10.1. The number of aromatic nitrogens is 3. The number of carbonyl (C=O) groups excluding carboxylic acids is 2. The molecule has 34 heavy (non-hydrogen) atoms. The number of thiophene rings is 1. The number of aryl methyl sites for hydroxylation is 1. The number of amides is 2. The summed E-state index contributed by atoms with van der Waals surface area (Å²) < 4.78 is 34.0. The SMILES string of the molecule is Cc1cc(C(F)F)nc2sc(C(N)=O)c(NC(=O)c3ccn(COc4ccc(Cl)cc4Br)n3)c12. The number of rotatable bonds is 7. The molecule has 2 amide bonds. The number of benzene rings is 1. The second-order valence-corrected chi connectivity index (χ2v) is 9.35. The normalized spacial score (nSPS) is 11.2. The highest BCUT2D eigenvalue weighted by molar-refractivity contribution is 9.10. The molecule has 0 bridgehead atoms. The first kappa shape index (κ1) is 24.0. The minimum atomic E-state index is -2.78. The summed E-state index contributed by atoms with van der Waals surface area (Å²) in [6.45, 7) is 1.60.